The summed E-state index contributed by atoms with van der Waals surface area (Å²) in [6.07, 6.45) is 0.500. The number of hydrogen-bond acceptors (Lipinski definition) is 3. The Balaban J connectivity index is 2.20. The number of thioether (sulfide) groups is 1. The van der Waals surface area contributed by atoms with Gasteiger partial charge in [-0.2, -0.15) is 0 Å². The van der Waals surface area contributed by atoms with Crippen LogP contribution in [-0.2, 0) is 4.79 Å². The van der Waals surface area contributed by atoms with Crippen molar-refractivity contribution in [3.05, 3.63) is 59.1 Å². The zero-order valence-electron chi connectivity index (χ0n) is 12.0. The molecule has 0 radical (unpaired) electrons. The van der Waals surface area contributed by atoms with E-state index >= 15 is 0 Å². The van der Waals surface area contributed by atoms with E-state index in [1.807, 2.05) is 48.5 Å². The fourth-order valence-electron chi connectivity index (χ4n) is 1.98. The molecule has 4 heteroatoms. The van der Waals surface area contributed by atoms with Gasteiger partial charge in [-0.3, -0.25) is 4.79 Å². The molecular weight excluding hydrogens is 304 g/mol. The number of halogens is 1. The molecular formula is C17H17ClO2S. The van der Waals surface area contributed by atoms with Crippen molar-refractivity contribution in [1.82, 2.24) is 0 Å². The Morgan fingerprint density at radius 3 is 2.29 bits per heavy atom. The lowest BCUT2D eigenvalue weighted by Gasteiger charge is -2.16. The van der Waals surface area contributed by atoms with Gasteiger partial charge in [-0.25, -0.2) is 0 Å². The van der Waals surface area contributed by atoms with Gasteiger partial charge in [-0.05, 0) is 48.9 Å². The second-order valence-corrected chi connectivity index (χ2v) is 6.45. The third-order valence-electron chi connectivity index (χ3n) is 3.05. The average molecular weight is 321 g/mol. The molecule has 2 rings (SSSR count). The standard InChI is InChI=1S/C17H17ClO2S/c1-12(19)11-17(13-3-7-15(20-2)8-4-13)21-16-9-5-14(18)6-10-16/h3-10,17H,11H2,1-2H3. The molecule has 1 atom stereocenters. The number of hydrogen-bond donors (Lipinski definition) is 0. The van der Waals surface area contributed by atoms with Crippen LogP contribution >= 0.6 is 23.4 Å². The van der Waals surface area contributed by atoms with Crippen molar-refractivity contribution in [2.75, 3.05) is 7.11 Å². The molecule has 0 N–H and O–H groups in total. The van der Waals surface area contributed by atoms with Crippen LogP contribution in [0.4, 0.5) is 0 Å². The van der Waals surface area contributed by atoms with Gasteiger partial charge in [0.1, 0.15) is 11.5 Å². The molecule has 110 valence electrons. The molecule has 21 heavy (non-hydrogen) atoms. The average Bonchev–Trinajstić information content (AvgIpc) is 2.48. The van der Waals surface area contributed by atoms with Crippen molar-refractivity contribution in [2.45, 2.75) is 23.5 Å². The van der Waals surface area contributed by atoms with E-state index in [2.05, 4.69) is 0 Å². The Morgan fingerprint density at radius 2 is 1.76 bits per heavy atom. The molecule has 2 nitrogen and oxygen atoms in total. The van der Waals surface area contributed by atoms with Gasteiger partial charge >= 0.3 is 0 Å². The normalized spacial score (nSPS) is 12.0. The number of carbonyl (C=O) groups excluding carboxylic acids is 1. The highest BCUT2D eigenvalue weighted by molar-refractivity contribution is 7.99. The quantitative estimate of drug-likeness (QED) is 0.687. The van der Waals surface area contributed by atoms with E-state index in [9.17, 15) is 4.79 Å². The molecule has 0 aliphatic carbocycles. The van der Waals surface area contributed by atoms with Gasteiger partial charge in [0, 0.05) is 21.6 Å². The van der Waals surface area contributed by atoms with Gasteiger partial charge in [0.05, 0.1) is 7.11 Å². The van der Waals surface area contributed by atoms with Gasteiger partial charge in [0.2, 0.25) is 0 Å². The van der Waals surface area contributed by atoms with Crippen molar-refractivity contribution < 1.29 is 9.53 Å². The summed E-state index contributed by atoms with van der Waals surface area (Å²) in [6, 6.07) is 15.5. The number of ketones is 1. The van der Waals surface area contributed by atoms with Crippen molar-refractivity contribution in [3.8, 4) is 5.75 Å². The summed E-state index contributed by atoms with van der Waals surface area (Å²) in [5, 5.41) is 0.807. The highest BCUT2D eigenvalue weighted by Gasteiger charge is 2.15. The number of carbonyl (C=O) groups is 1. The lowest BCUT2D eigenvalue weighted by atomic mass is 10.1. The maximum atomic E-state index is 11.5. The number of benzene rings is 2. The number of rotatable bonds is 6. The minimum Gasteiger partial charge on any atom is -0.497 e. The molecule has 0 saturated carbocycles. The number of methoxy groups -OCH3 is 1. The summed E-state index contributed by atoms with van der Waals surface area (Å²) in [5.74, 6) is 0.995. The van der Waals surface area contributed by atoms with Crippen LogP contribution in [0.25, 0.3) is 0 Å². The molecule has 2 aromatic rings. The Hall–Kier alpha value is -1.45. The molecule has 0 aliphatic rings. The van der Waals surface area contributed by atoms with E-state index in [0.717, 1.165) is 16.2 Å². The molecule has 0 bridgehead atoms. The predicted octanol–water partition coefficient (Wildman–Crippen LogP) is 5.16. The van der Waals surface area contributed by atoms with Crippen molar-refractivity contribution >= 4 is 29.1 Å². The Labute approximate surface area is 134 Å². The molecule has 0 aromatic heterocycles. The summed E-state index contributed by atoms with van der Waals surface area (Å²) in [6.45, 7) is 1.62. The van der Waals surface area contributed by atoms with Crippen LogP contribution in [0.2, 0.25) is 5.02 Å². The van der Waals surface area contributed by atoms with Gasteiger partial charge in [0.25, 0.3) is 0 Å². The molecule has 0 heterocycles. The molecule has 0 spiro atoms. The maximum absolute atomic E-state index is 11.5. The van der Waals surface area contributed by atoms with E-state index in [1.165, 1.54) is 0 Å². The van der Waals surface area contributed by atoms with E-state index in [4.69, 9.17) is 16.3 Å². The zero-order chi connectivity index (χ0) is 15.2. The van der Waals surface area contributed by atoms with Gasteiger partial charge in [-0.15, -0.1) is 11.8 Å². The Bertz CT molecular complexity index is 593. The second-order valence-electron chi connectivity index (χ2n) is 4.74. The first-order valence-corrected chi connectivity index (χ1v) is 7.90. The Kier molecular flexibility index (Phi) is 5.71. The fourth-order valence-corrected chi connectivity index (χ4v) is 3.34. The minimum atomic E-state index is 0.0922. The predicted molar refractivity (Wildman–Crippen MR) is 88.3 cm³/mol. The van der Waals surface area contributed by atoms with E-state index in [0.29, 0.717) is 11.4 Å². The van der Waals surface area contributed by atoms with Crippen LogP contribution in [0, 0.1) is 0 Å². The van der Waals surface area contributed by atoms with Crippen LogP contribution in [0.1, 0.15) is 24.2 Å². The lowest BCUT2D eigenvalue weighted by Crippen LogP contribution is -2.01. The first-order chi connectivity index (χ1) is 10.1. The summed E-state index contributed by atoms with van der Waals surface area (Å²) in [7, 11) is 1.64. The summed E-state index contributed by atoms with van der Waals surface area (Å²) in [5.41, 5.74) is 1.12. The highest BCUT2D eigenvalue weighted by atomic mass is 35.5. The second kappa shape index (κ2) is 7.53. The highest BCUT2D eigenvalue weighted by Crippen LogP contribution is 2.38. The van der Waals surface area contributed by atoms with Gasteiger partial charge in [-0.1, -0.05) is 23.7 Å². The van der Waals surface area contributed by atoms with Crippen LogP contribution < -0.4 is 4.74 Å². The summed E-state index contributed by atoms with van der Waals surface area (Å²) >= 11 is 7.58. The third kappa shape index (κ3) is 4.80. The third-order valence-corrected chi connectivity index (χ3v) is 4.57. The SMILES string of the molecule is COc1ccc(C(CC(C)=O)Sc2ccc(Cl)cc2)cc1. The maximum Gasteiger partial charge on any atom is 0.131 e. The fraction of sp³-hybridized carbons (Fsp3) is 0.235. The largest absolute Gasteiger partial charge is 0.497 e. The van der Waals surface area contributed by atoms with Crippen LogP contribution in [-0.4, -0.2) is 12.9 Å². The molecule has 0 saturated heterocycles. The van der Waals surface area contributed by atoms with Crippen LogP contribution in [0.15, 0.2) is 53.4 Å². The minimum absolute atomic E-state index is 0.0922. The van der Waals surface area contributed by atoms with Crippen LogP contribution in [0.3, 0.4) is 0 Å². The number of ether oxygens (including phenoxy) is 1. The first kappa shape index (κ1) is 15.9. The van der Waals surface area contributed by atoms with Crippen molar-refractivity contribution in [1.29, 1.82) is 0 Å². The molecule has 0 fully saturated rings. The topological polar surface area (TPSA) is 26.3 Å². The summed E-state index contributed by atoms with van der Waals surface area (Å²) in [4.78, 5) is 12.6. The molecule has 2 aromatic carbocycles. The van der Waals surface area contributed by atoms with Crippen LogP contribution in [0.5, 0.6) is 5.75 Å². The summed E-state index contributed by atoms with van der Waals surface area (Å²) < 4.78 is 5.17. The number of Topliss-reactive ketones (excluding diaryl/α,β-unsaturated/α-hetero) is 1. The van der Waals surface area contributed by atoms with Crippen molar-refractivity contribution in [2.24, 2.45) is 0 Å². The zero-order valence-corrected chi connectivity index (χ0v) is 13.6. The van der Waals surface area contributed by atoms with Gasteiger partial charge < -0.3 is 4.74 Å². The monoisotopic (exact) mass is 320 g/mol. The molecule has 0 amide bonds. The Morgan fingerprint density at radius 1 is 1.14 bits per heavy atom. The first-order valence-electron chi connectivity index (χ1n) is 6.64. The van der Waals surface area contributed by atoms with E-state index < -0.39 is 0 Å². The smallest absolute Gasteiger partial charge is 0.131 e. The molecule has 1 unspecified atom stereocenters. The van der Waals surface area contributed by atoms with E-state index in [1.54, 1.807) is 25.8 Å². The molecule has 0 aliphatic heterocycles. The van der Waals surface area contributed by atoms with E-state index in [-0.39, 0.29) is 11.0 Å². The van der Waals surface area contributed by atoms with Crippen molar-refractivity contribution in [3.63, 3.8) is 0 Å². The van der Waals surface area contributed by atoms with Gasteiger partial charge in [0.15, 0.2) is 0 Å². The lowest BCUT2D eigenvalue weighted by molar-refractivity contribution is -0.117.